The van der Waals surface area contributed by atoms with Gasteiger partial charge in [-0.05, 0) is 64.6 Å². The Balaban J connectivity index is 1.75. The molecule has 0 saturated heterocycles. The molecule has 0 aliphatic rings. The zero-order chi connectivity index (χ0) is 20.5. The highest BCUT2D eigenvalue weighted by molar-refractivity contribution is 14.1. The molecule has 0 radical (unpaired) electrons. The number of aromatic nitrogens is 2. The second-order valence-corrected chi connectivity index (χ2v) is 8.83. The highest BCUT2D eigenvalue weighted by atomic mass is 124. The lowest BCUT2D eigenvalue weighted by atomic mass is 10.2. The lowest BCUT2D eigenvalue weighted by molar-refractivity contribution is 0.0946. The molecule has 0 unspecified atom stereocenters. The number of nitrogens with zero attached hydrogens (tertiary/aromatic N) is 2. The summed E-state index contributed by atoms with van der Waals surface area (Å²) in [7, 11) is 0. The van der Waals surface area contributed by atoms with Gasteiger partial charge in [-0.3, -0.25) is 9.59 Å². The fourth-order valence-electron chi connectivity index (χ4n) is 2.87. The molecule has 146 valence electrons. The number of hydrogen-bond donors (Lipinski definition) is 2. The van der Waals surface area contributed by atoms with Crippen LogP contribution in [0.4, 0.5) is 5.00 Å². The summed E-state index contributed by atoms with van der Waals surface area (Å²) in [5.74, 6) is -0.380. The van der Waals surface area contributed by atoms with E-state index in [1.165, 1.54) is 16.0 Å². The van der Waals surface area contributed by atoms with Crippen LogP contribution in [0.15, 0.2) is 58.7 Å². The summed E-state index contributed by atoms with van der Waals surface area (Å²) in [6.07, 6.45) is 0. The van der Waals surface area contributed by atoms with Crippen LogP contribution in [0.25, 0.3) is 16.5 Å². The molecule has 1 amide bonds. The van der Waals surface area contributed by atoms with Crippen molar-refractivity contribution >= 4 is 67.2 Å². The molecule has 2 aromatic carbocycles. The molecule has 0 spiro atoms. The Kier molecular flexibility index (Phi) is 5.57. The smallest absolute Gasteiger partial charge is 0.282 e. The van der Waals surface area contributed by atoms with E-state index in [1.807, 2.05) is 24.3 Å². The third-order valence-electron chi connectivity index (χ3n) is 4.33. The van der Waals surface area contributed by atoms with Gasteiger partial charge in [-0.2, -0.15) is 9.78 Å². The van der Waals surface area contributed by atoms with Crippen LogP contribution < -0.4 is 16.6 Å². The van der Waals surface area contributed by atoms with Gasteiger partial charge in [0.2, 0.25) is 0 Å². The van der Waals surface area contributed by atoms with Crippen LogP contribution in [0, 0.1) is 3.57 Å². The molecule has 6 nitrogen and oxygen atoms in total. The van der Waals surface area contributed by atoms with Crippen LogP contribution >= 0.6 is 45.5 Å². The summed E-state index contributed by atoms with van der Waals surface area (Å²) in [6.45, 7) is 0.346. The molecule has 0 atom stereocenters. The number of halogens is 2. The monoisotopic (exact) mass is 533 g/mol. The van der Waals surface area contributed by atoms with Gasteiger partial charge >= 0.3 is 0 Å². The molecule has 4 aromatic rings. The molecule has 0 fully saturated rings. The molecule has 4 rings (SSSR count). The van der Waals surface area contributed by atoms with Crippen molar-refractivity contribution in [1.82, 2.24) is 15.1 Å². The Morgan fingerprint density at radius 3 is 2.55 bits per heavy atom. The number of hydrogen-bond acceptors (Lipinski definition) is 5. The zero-order valence-corrected chi connectivity index (χ0v) is 18.6. The Morgan fingerprint density at radius 1 is 1.17 bits per heavy atom. The molecule has 3 N–H and O–H groups in total. The highest BCUT2D eigenvalue weighted by Gasteiger charge is 2.20. The second-order valence-electron chi connectivity index (χ2n) is 6.24. The largest absolute Gasteiger partial charge is 0.390 e. The number of carbonyl (C=O) groups excluding carboxylic acids is 1. The van der Waals surface area contributed by atoms with Crippen LogP contribution in [0.2, 0.25) is 5.02 Å². The summed E-state index contributed by atoms with van der Waals surface area (Å²) in [6, 6.07) is 14.5. The number of fused-ring (bicyclic) bond motifs is 1. The fourth-order valence-corrected chi connectivity index (χ4v) is 4.14. The molecule has 9 heteroatoms. The van der Waals surface area contributed by atoms with Crippen molar-refractivity contribution in [1.29, 1.82) is 0 Å². The average Bonchev–Trinajstić information content (AvgIpc) is 3.11. The Labute approximate surface area is 188 Å². The number of benzene rings is 2. The summed E-state index contributed by atoms with van der Waals surface area (Å²) in [5.41, 5.74) is 7.25. The van der Waals surface area contributed by atoms with Gasteiger partial charge < -0.3 is 11.1 Å². The normalized spacial score (nSPS) is 11.0. The molecule has 29 heavy (non-hydrogen) atoms. The van der Waals surface area contributed by atoms with Crippen molar-refractivity contribution in [3.63, 3.8) is 0 Å². The van der Waals surface area contributed by atoms with Gasteiger partial charge in [0.05, 0.1) is 16.1 Å². The first-order valence-corrected chi connectivity index (χ1v) is 10.9. The van der Waals surface area contributed by atoms with Crippen molar-refractivity contribution in [3.05, 3.63) is 84.1 Å². The average molecular weight is 534 g/mol. The molecule has 2 heterocycles. The van der Waals surface area contributed by atoms with Gasteiger partial charge in [0, 0.05) is 25.9 Å². The van der Waals surface area contributed by atoms with E-state index in [9.17, 15) is 9.59 Å². The third kappa shape index (κ3) is 4.00. The van der Waals surface area contributed by atoms with Gasteiger partial charge in [-0.15, -0.1) is 11.3 Å². The van der Waals surface area contributed by atoms with Crippen LogP contribution in [-0.4, -0.2) is 15.7 Å². The SMILES string of the molecule is Nc1scc2c(C(=O)NCc3ccc([124I])cc3)nn(-c3ccc(Cl)cc3)c(=O)c12. The molecule has 0 aliphatic carbocycles. The first-order chi connectivity index (χ1) is 13.9. The van der Waals surface area contributed by atoms with Crippen molar-refractivity contribution in [3.8, 4) is 5.69 Å². The number of nitrogen functional groups attached to an aromatic ring is 1. The Hall–Kier alpha value is -2.43. The van der Waals surface area contributed by atoms with E-state index >= 15 is 0 Å². The lowest BCUT2D eigenvalue weighted by Gasteiger charge is -2.10. The summed E-state index contributed by atoms with van der Waals surface area (Å²) in [5, 5.41) is 10.5. The van der Waals surface area contributed by atoms with Crippen molar-refractivity contribution in [2.45, 2.75) is 6.54 Å². The van der Waals surface area contributed by atoms with Gasteiger partial charge in [-0.25, -0.2) is 0 Å². The number of nitrogens with two attached hydrogens (primary N) is 1. The number of rotatable bonds is 4. The van der Waals surface area contributed by atoms with E-state index in [0.717, 1.165) is 9.13 Å². The first kappa shape index (κ1) is 19.9. The summed E-state index contributed by atoms with van der Waals surface area (Å²) < 4.78 is 2.30. The van der Waals surface area contributed by atoms with E-state index in [2.05, 4.69) is 33.0 Å². The maximum Gasteiger partial charge on any atom is 0.282 e. The third-order valence-corrected chi connectivity index (χ3v) is 6.12. The number of nitrogens with one attached hydrogen (secondary N) is 1. The molecular formula is C20H14ClIN4O2S. The first-order valence-electron chi connectivity index (χ1n) is 8.52. The number of amides is 1. The van der Waals surface area contributed by atoms with Crippen LogP contribution in [-0.2, 0) is 6.54 Å². The van der Waals surface area contributed by atoms with E-state index in [0.29, 0.717) is 33.0 Å². The predicted molar refractivity (Wildman–Crippen MR) is 125 cm³/mol. The molecular weight excluding hydrogens is 520 g/mol. The van der Waals surface area contributed by atoms with Crippen LogP contribution in [0.3, 0.4) is 0 Å². The predicted octanol–water partition coefficient (Wildman–Crippen LogP) is 4.22. The number of thiophene rings is 1. The minimum absolute atomic E-state index is 0.146. The molecule has 0 aliphatic heterocycles. The van der Waals surface area contributed by atoms with Crippen molar-refractivity contribution in [2.75, 3.05) is 5.73 Å². The zero-order valence-electron chi connectivity index (χ0n) is 14.9. The van der Waals surface area contributed by atoms with Gasteiger partial charge in [0.25, 0.3) is 11.5 Å². The summed E-state index contributed by atoms with van der Waals surface area (Å²) in [4.78, 5) is 25.9. The van der Waals surface area contributed by atoms with E-state index in [4.69, 9.17) is 17.3 Å². The summed E-state index contributed by atoms with van der Waals surface area (Å²) >= 11 is 9.38. The quantitative estimate of drug-likeness (QED) is 0.385. The number of carbonyl (C=O) groups is 1. The second kappa shape index (κ2) is 8.13. The van der Waals surface area contributed by atoms with Crippen molar-refractivity contribution in [2.24, 2.45) is 0 Å². The van der Waals surface area contributed by atoms with Crippen molar-refractivity contribution < 1.29 is 4.79 Å². The van der Waals surface area contributed by atoms with Gasteiger partial charge in [0.15, 0.2) is 5.69 Å². The Bertz CT molecular complexity index is 1270. The maximum absolute atomic E-state index is 12.9. The minimum atomic E-state index is -0.380. The van der Waals surface area contributed by atoms with E-state index in [-0.39, 0.29) is 17.2 Å². The van der Waals surface area contributed by atoms with E-state index < -0.39 is 0 Å². The highest BCUT2D eigenvalue weighted by Crippen LogP contribution is 2.27. The standard InChI is InChI=1S/C20H14ClIN4O2S/c21-12-3-7-14(8-4-12)26-20(28)16-15(10-29-18(16)23)17(25-26)19(27)24-9-11-1-5-13(22)6-2-11/h1-8,10H,9,23H2,(H,24,27)/i22-3. The lowest BCUT2D eigenvalue weighted by Crippen LogP contribution is -2.29. The Morgan fingerprint density at radius 2 is 1.86 bits per heavy atom. The number of anilines is 1. The molecule has 0 bridgehead atoms. The van der Waals surface area contributed by atoms with Crippen LogP contribution in [0.5, 0.6) is 0 Å². The maximum atomic E-state index is 12.9. The van der Waals surface area contributed by atoms with Gasteiger partial charge in [-0.1, -0.05) is 23.7 Å². The topological polar surface area (TPSA) is 90.0 Å². The molecule has 2 aromatic heterocycles. The van der Waals surface area contributed by atoms with Crippen LogP contribution in [0.1, 0.15) is 16.1 Å². The van der Waals surface area contributed by atoms with Gasteiger partial charge in [0.1, 0.15) is 0 Å². The molecule has 0 saturated carbocycles. The minimum Gasteiger partial charge on any atom is -0.390 e. The van der Waals surface area contributed by atoms with E-state index in [1.54, 1.807) is 29.6 Å². The fraction of sp³-hybridized carbons (Fsp3) is 0.0500.